The normalized spacial score (nSPS) is 11.7. The Hall–Kier alpha value is -3.13. The molecule has 0 fully saturated rings. The smallest absolute Gasteiger partial charge is 0.315 e. The summed E-state index contributed by atoms with van der Waals surface area (Å²) in [4.78, 5) is 16.2. The maximum Gasteiger partial charge on any atom is 0.315 e. The monoisotopic (exact) mass is 404 g/mol. The third-order valence-electron chi connectivity index (χ3n) is 3.73. The van der Waals surface area contributed by atoms with Crippen LogP contribution in [0.3, 0.4) is 0 Å². The molecule has 0 saturated heterocycles. The molecule has 3 aromatic rings. The number of aromatic nitrogens is 2. The quantitative estimate of drug-likeness (QED) is 0.581. The summed E-state index contributed by atoms with van der Waals surface area (Å²) in [7, 11) is 0. The Morgan fingerprint density at radius 1 is 1.21 bits per heavy atom. The van der Waals surface area contributed by atoms with E-state index in [4.69, 9.17) is 20.9 Å². The van der Waals surface area contributed by atoms with Crippen molar-refractivity contribution in [1.29, 1.82) is 0 Å². The molecule has 0 aliphatic heterocycles. The summed E-state index contributed by atoms with van der Waals surface area (Å²) < 4.78 is 23.7. The van der Waals surface area contributed by atoms with Gasteiger partial charge in [0.15, 0.2) is 0 Å². The molecule has 0 bridgehead atoms. The van der Waals surface area contributed by atoms with E-state index >= 15 is 0 Å². The molecule has 146 valence electrons. The largest absolute Gasteiger partial charge is 0.492 e. The zero-order valence-electron chi connectivity index (χ0n) is 15.0. The summed E-state index contributed by atoms with van der Waals surface area (Å²) in [5, 5.41) is 9.85. The first-order valence-corrected chi connectivity index (χ1v) is 8.91. The zero-order valence-corrected chi connectivity index (χ0v) is 15.7. The van der Waals surface area contributed by atoms with Crippen molar-refractivity contribution in [3.63, 3.8) is 0 Å². The zero-order chi connectivity index (χ0) is 19.9. The predicted octanol–water partition coefficient (Wildman–Crippen LogP) is 3.97. The minimum Gasteiger partial charge on any atom is -0.492 e. The van der Waals surface area contributed by atoms with E-state index in [-0.39, 0.29) is 11.7 Å². The van der Waals surface area contributed by atoms with E-state index in [9.17, 15) is 9.18 Å². The number of nitrogens with zero attached hydrogens (tertiary/aromatic N) is 2. The van der Waals surface area contributed by atoms with Crippen molar-refractivity contribution >= 4 is 17.6 Å². The molecule has 3 rings (SSSR count). The standard InChI is InChI=1S/C19H18ClFN4O3/c1-12(18-24-17(25-28-18)13-2-6-15(21)7-3-13)23-19(26)22-10-11-27-16-8-4-14(20)5-9-16/h2-9,12H,10-11H2,1H3,(H2,22,23,26). The van der Waals surface area contributed by atoms with Crippen molar-refractivity contribution in [3.8, 4) is 17.1 Å². The van der Waals surface area contributed by atoms with Crippen molar-refractivity contribution in [1.82, 2.24) is 20.8 Å². The van der Waals surface area contributed by atoms with E-state index in [1.165, 1.54) is 12.1 Å². The number of hydrogen-bond acceptors (Lipinski definition) is 5. The number of nitrogens with one attached hydrogen (secondary N) is 2. The molecule has 2 amide bonds. The molecule has 0 aliphatic rings. The Labute approximate surface area is 165 Å². The highest BCUT2D eigenvalue weighted by atomic mass is 35.5. The van der Waals surface area contributed by atoms with E-state index in [1.54, 1.807) is 43.3 Å². The molecule has 9 heteroatoms. The summed E-state index contributed by atoms with van der Waals surface area (Å²) in [6.07, 6.45) is 0. The fraction of sp³-hybridized carbons (Fsp3) is 0.211. The fourth-order valence-corrected chi connectivity index (χ4v) is 2.43. The summed E-state index contributed by atoms with van der Waals surface area (Å²) >= 11 is 5.80. The number of amides is 2. The molecule has 7 nitrogen and oxygen atoms in total. The minimum absolute atomic E-state index is 0.242. The topological polar surface area (TPSA) is 89.3 Å². The number of hydrogen-bond donors (Lipinski definition) is 2. The van der Waals surface area contributed by atoms with E-state index in [0.29, 0.717) is 35.3 Å². The fourth-order valence-electron chi connectivity index (χ4n) is 2.30. The Morgan fingerprint density at radius 2 is 1.93 bits per heavy atom. The maximum absolute atomic E-state index is 13.0. The minimum atomic E-state index is -0.501. The molecule has 1 aromatic heterocycles. The van der Waals surface area contributed by atoms with E-state index in [2.05, 4.69) is 20.8 Å². The van der Waals surface area contributed by atoms with Gasteiger partial charge >= 0.3 is 6.03 Å². The highest BCUT2D eigenvalue weighted by Gasteiger charge is 2.17. The van der Waals surface area contributed by atoms with Crippen LogP contribution in [0.2, 0.25) is 5.02 Å². The predicted molar refractivity (Wildman–Crippen MR) is 102 cm³/mol. The number of ether oxygens (including phenoxy) is 1. The molecule has 0 radical (unpaired) electrons. The third kappa shape index (κ3) is 5.43. The Bertz CT molecular complexity index is 916. The second kappa shape index (κ2) is 9.18. The number of carbonyl (C=O) groups is 1. The van der Waals surface area contributed by atoms with Crippen LogP contribution in [0.4, 0.5) is 9.18 Å². The van der Waals surface area contributed by atoms with Gasteiger partial charge < -0.3 is 19.9 Å². The van der Waals surface area contributed by atoms with Gasteiger partial charge in [-0.3, -0.25) is 0 Å². The molecule has 0 aliphatic carbocycles. The summed E-state index contributed by atoms with van der Waals surface area (Å²) in [5.74, 6) is 0.880. The molecule has 1 heterocycles. The van der Waals surface area contributed by atoms with Gasteiger partial charge in [0.2, 0.25) is 11.7 Å². The van der Waals surface area contributed by atoms with E-state index in [1.807, 2.05) is 0 Å². The van der Waals surface area contributed by atoms with Crippen LogP contribution in [0.25, 0.3) is 11.4 Å². The van der Waals surface area contributed by atoms with Gasteiger partial charge in [-0.2, -0.15) is 4.98 Å². The van der Waals surface area contributed by atoms with Crippen LogP contribution in [0, 0.1) is 5.82 Å². The molecule has 0 saturated carbocycles. The van der Waals surface area contributed by atoms with Crippen molar-refractivity contribution in [2.75, 3.05) is 13.2 Å². The average Bonchev–Trinajstić information content (AvgIpc) is 3.17. The molecular weight excluding hydrogens is 387 g/mol. The second-order valence-electron chi connectivity index (χ2n) is 5.89. The van der Waals surface area contributed by atoms with Gasteiger partial charge in [-0.1, -0.05) is 16.8 Å². The number of carbonyl (C=O) groups excluding carboxylic acids is 1. The van der Waals surface area contributed by atoms with Gasteiger partial charge in [0.05, 0.1) is 6.54 Å². The Morgan fingerprint density at radius 3 is 2.64 bits per heavy atom. The number of benzene rings is 2. The van der Waals surface area contributed by atoms with Crippen molar-refractivity contribution < 1.29 is 18.4 Å². The van der Waals surface area contributed by atoms with Gasteiger partial charge in [0.1, 0.15) is 24.2 Å². The van der Waals surface area contributed by atoms with Crippen LogP contribution >= 0.6 is 11.6 Å². The Balaban J connectivity index is 1.44. The molecule has 0 spiro atoms. The van der Waals surface area contributed by atoms with E-state index in [0.717, 1.165) is 0 Å². The lowest BCUT2D eigenvalue weighted by molar-refractivity contribution is 0.230. The van der Waals surface area contributed by atoms with Gasteiger partial charge in [-0.15, -0.1) is 0 Å². The van der Waals surface area contributed by atoms with Crippen LogP contribution in [0.1, 0.15) is 18.9 Å². The van der Waals surface area contributed by atoms with Crippen LogP contribution in [-0.2, 0) is 0 Å². The second-order valence-corrected chi connectivity index (χ2v) is 6.32. The average molecular weight is 405 g/mol. The maximum atomic E-state index is 13.0. The number of rotatable bonds is 7. The molecule has 1 unspecified atom stereocenters. The van der Waals surface area contributed by atoms with Crippen molar-refractivity contribution in [2.45, 2.75) is 13.0 Å². The number of halogens is 2. The summed E-state index contributed by atoms with van der Waals surface area (Å²) in [5.41, 5.74) is 0.618. The van der Waals surface area contributed by atoms with Crippen LogP contribution in [0.15, 0.2) is 53.1 Å². The molecule has 28 heavy (non-hydrogen) atoms. The first kappa shape index (κ1) is 19.6. The summed E-state index contributed by atoms with van der Waals surface area (Å²) in [6, 6.07) is 11.8. The van der Waals surface area contributed by atoms with Crippen LogP contribution < -0.4 is 15.4 Å². The lowest BCUT2D eigenvalue weighted by atomic mass is 10.2. The highest BCUT2D eigenvalue weighted by Crippen LogP contribution is 2.19. The third-order valence-corrected chi connectivity index (χ3v) is 3.98. The lowest BCUT2D eigenvalue weighted by Crippen LogP contribution is -2.39. The van der Waals surface area contributed by atoms with Crippen molar-refractivity contribution in [3.05, 3.63) is 65.3 Å². The van der Waals surface area contributed by atoms with Crippen molar-refractivity contribution in [2.24, 2.45) is 0 Å². The highest BCUT2D eigenvalue weighted by molar-refractivity contribution is 6.30. The molecule has 1 atom stereocenters. The lowest BCUT2D eigenvalue weighted by Gasteiger charge is -2.11. The SMILES string of the molecule is CC(NC(=O)NCCOc1ccc(Cl)cc1)c1nc(-c2ccc(F)cc2)no1. The molecule has 2 aromatic carbocycles. The van der Waals surface area contributed by atoms with E-state index < -0.39 is 12.1 Å². The van der Waals surface area contributed by atoms with Crippen LogP contribution in [-0.4, -0.2) is 29.3 Å². The van der Waals surface area contributed by atoms with Gasteiger partial charge in [0, 0.05) is 10.6 Å². The Kier molecular flexibility index (Phi) is 6.44. The van der Waals surface area contributed by atoms with Crippen LogP contribution in [0.5, 0.6) is 5.75 Å². The van der Waals surface area contributed by atoms with Gasteiger partial charge in [0.25, 0.3) is 0 Å². The van der Waals surface area contributed by atoms with Gasteiger partial charge in [-0.05, 0) is 55.5 Å². The first-order valence-electron chi connectivity index (χ1n) is 8.53. The summed E-state index contributed by atoms with van der Waals surface area (Å²) in [6.45, 7) is 2.33. The number of urea groups is 1. The molecular formula is C19H18ClFN4O3. The first-order chi connectivity index (χ1) is 13.5. The molecule has 2 N–H and O–H groups in total. The van der Waals surface area contributed by atoms with Gasteiger partial charge in [-0.25, -0.2) is 9.18 Å².